The number of hydrogen-bond donors (Lipinski definition) is 0. The van der Waals surface area contributed by atoms with Crippen molar-refractivity contribution in [2.24, 2.45) is 11.8 Å². The van der Waals surface area contributed by atoms with E-state index < -0.39 is 0 Å². The Morgan fingerprint density at radius 3 is 2.12 bits per heavy atom. The number of carbonyl (C=O) groups excluding carboxylic acids is 1. The van der Waals surface area contributed by atoms with Crippen molar-refractivity contribution in [3.63, 3.8) is 0 Å². The summed E-state index contributed by atoms with van der Waals surface area (Å²) in [6.07, 6.45) is 9.82. The summed E-state index contributed by atoms with van der Waals surface area (Å²) in [4.78, 5) is 17.6. The Bertz CT molecular complexity index is 1020. The van der Waals surface area contributed by atoms with Gasteiger partial charge in [0.1, 0.15) is 11.5 Å². The fourth-order valence-electron chi connectivity index (χ4n) is 5.10. The van der Waals surface area contributed by atoms with E-state index >= 15 is 0 Å². The second kappa shape index (κ2) is 18.4. The van der Waals surface area contributed by atoms with Crippen LogP contribution in [0.1, 0.15) is 77.3 Å². The largest absolute Gasteiger partial charge is 0.496 e. The lowest BCUT2D eigenvalue weighted by atomic mass is 9.94. The van der Waals surface area contributed by atoms with Crippen molar-refractivity contribution in [1.82, 2.24) is 9.80 Å². The molecule has 5 nitrogen and oxygen atoms in total. The lowest BCUT2D eigenvalue weighted by Crippen LogP contribution is -2.40. The molecule has 40 heavy (non-hydrogen) atoms. The molecule has 1 aliphatic heterocycles. The zero-order valence-corrected chi connectivity index (χ0v) is 26.2. The smallest absolute Gasteiger partial charge is 0.242 e. The summed E-state index contributed by atoms with van der Waals surface area (Å²) in [7, 11) is 3.42. The van der Waals surface area contributed by atoms with Crippen molar-refractivity contribution < 1.29 is 14.3 Å². The molecular formula is C35H54N2O3. The number of allylic oxidation sites excluding steroid dienone is 2. The van der Waals surface area contributed by atoms with Crippen molar-refractivity contribution in [2.45, 2.75) is 79.6 Å². The molecule has 222 valence electrons. The number of unbranched alkanes of at least 4 members (excludes halogenated alkanes) is 2. The summed E-state index contributed by atoms with van der Waals surface area (Å²) in [5.74, 6) is 3.47. The number of amides is 1. The number of hydrogen-bond acceptors (Lipinski definition) is 4. The summed E-state index contributed by atoms with van der Waals surface area (Å²) in [5.41, 5.74) is 3.78. The Hall–Kier alpha value is -2.95. The standard InChI is InChI=1S/C27H44N2O2.C8H10O/c1-6-8-17-28(18-9-7-2)27(30)21-29-20-24(22(3)4)19-25(29)15-12-14-23-13-10-11-16-26(23)31-5;1-7-5-3-4-6-8(7)9-2/h10-11,13,15-16,22,24H,6-9,12,14,17-21H2,1-5H3;3-6H,1-2H3/b25-15+;. The van der Waals surface area contributed by atoms with Crippen LogP contribution in [0.3, 0.4) is 0 Å². The molecule has 1 saturated heterocycles. The normalized spacial score (nSPS) is 15.7. The molecule has 1 aliphatic rings. The fraction of sp³-hybridized carbons (Fsp3) is 0.571. The van der Waals surface area contributed by atoms with Crippen molar-refractivity contribution in [3.8, 4) is 11.5 Å². The average Bonchev–Trinajstić information content (AvgIpc) is 3.36. The molecule has 1 atom stereocenters. The summed E-state index contributed by atoms with van der Waals surface area (Å²) in [6, 6.07) is 16.2. The van der Waals surface area contributed by atoms with E-state index in [4.69, 9.17) is 9.47 Å². The highest BCUT2D eigenvalue weighted by Crippen LogP contribution is 2.32. The van der Waals surface area contributed by atoms with Gasteiger partial charge in [-0.05, 0) is 74.1 Å². The van der Waals surface area contributed by atoms with Gasteiger partial charge in [0.2, 0.25) is 5.91 Å². The monoisotopic (exact) mass is 550 g/mol. The summed E-state index contributed by atoms with van der Waals surface area (Å²) in [5, 5.41) is 0. The Kier molecular flexibility index (Phi) is 15.3. The number of nitrogens with zero attached hydrogens (tertiary/aromatic N) is 2. The molecule has 2 aromatic rings. The molecule has 0 radical (unpaired) electrons. The van der Waals surface area contributed by atoms with Crippen LogP contribution in [0.25, 0.3) is 0 Å². The molecule has 1 unspecified atom stereocenters. The number of rotatable bonds is 14. The Morgan fingerprint density at radius 2 is 1.57 bits per heavy atom. The first-order valence-electron chi connectivity index (χ1n) is 15.3. The summed E-state index contributed by atoms with van der Waals surface area (Å²) in [6.45, 7) is 14.3. The predicted molar refractivity (Wildman–Crippen MR) is 168 cm³/mol. The third kappa shape index (κ3) is 10.9. The zero-order chi connectivity index (χ0) is 29.3. The van der Waals surface area contributed by atoms with Gasteiger partial charge in [-0.3, -0.25) is 4.79 Å². The molecule has 0 N–H and O–H groups in total. The maximum atomic E-state index is 13.2. The molecule has 0 bridgehead atoms. The summed E-state index contributed by atoms with van der Waals surface area (Å²) >= 11 is 0. The maximum Gasteiger partial charge on any atom is 0.242 e. The van der Waals surface area contributed by atoms with E-state index in [0.29, 0.717) is 24.3 Å². The fourth-order valence-corrected chi connectivity index (χ4v) is 5.10. The molecular weight excluding hydrogens is 496 g/mol. The highest BCUT2D eigenvalue weighted by atomic mass is 16.5. The minimum absolute atomic E-state index is 0.293. The minimum Gasteiger partial charge on any atom is -0.496 e. The van der Waals surface area contributed by atoms with E-state index in [1.54, 1.807) is 14.2 Å². The third-order valence-electron chi connectivity index (χ3n) is 7.82. The van der Waals surface area contributed by atoms with Crippen molar-refractivity contribution in [3.05, 3.63) is 71.4 Å². The van der Waals surface area contributed by atoms with Crippen LogP contribution in [0.2, 0.25) is 0 Å². The SMILES string of the molecule is CCCCN(CCCC)C(=O)CN1CC(C(C)C)C/C1=C\CCc1ccccc1OC.COc1ccccc1C. The van der Waals surface area contributed by atoms with Crippen LogP contribution in [0.15, 0.2) is 60.3 Å². The van der Waals surface area contributed by atoms with E-state index in [9.17, 15) is 4.79 Å². The number of methoxy groups -OCH3 is 2. The molecule has 0 saturated carbocycles. The highest BCUT2D eigenvalue weighted by molar-refractivity contribution is 5.78. The second-order valence-electron chi connectivity index (χ2n) is 11.2. The first-order valence-corrected chi connectivity index (χ1v) is 15.3. The van der Waals surface area contributed by atoms with Gasteiger partial charge in [0.05, 0.1) is 20.8 Å². The van der Waals surface area contributed by atoms with Gasteiger partial charge in [0.15, 0.2) is 0 Å². The second-order valence-corrected chi connectivity index (χ2v) is 11.2. The van der Waals surface area contributed by atoms with Gasteiger partial charge in [-0.15, -0.1) is 0 Å². The number of para-hydroxylation sites is 2. The van der Waals surface area contributed by atoms with Crippen LogP contribution in [-0.4, -0.2) is 56.1 Å². The average molecular weight is 551 g/mol. The van der Waals surface area contributed by atoms with Crippen LogP contribution >= 0.6 is 0 Å². The molecule has 1 amide bonds. The zero-order valence-electron chi connectivity index (χ0n) is 26.2. The van der Waals surface area contributed by atoms with E-state index in [-0.39, 0.29) is 0 Å². The molecule has 0 aliphatic carbocycles. The third-order valence-corrected chi connectivity index (χ3v) is 7.82. The first kappa shape index (κ1) is 33.3. The Balaban J connectivity index is 0.000000526. The number of benzene rings is 2. The van der Waals surface area contributed by atoms with Gasteiger partial charge in [0.25, 0.3) is 0 Å². The van der Waals surface area contributed by atoms with Crippen LogP contribution < -0.4 is 9.47 Å². The van der Waals surface area contributed by atoms with E-state index in [1.165, 1.54) is 16.8 Å². The molecule has 0 aromatic heterocycles. The maximum absolute atomic E-state index is 13.2. The van der Waals surface area contributed by atoms with E-state index in [2.05, 4.69) is 55.7 Å². The van der Waals surface area contributed by atoms with Gasteiger partial charge in [-0.2, -0.15) is 0 Å². The molecule has 3 rings (SSSR count). The Labute approximate surface area is 244 Å². The number of ether oxygens (including phenoxy) is 2. The van der Waals surface area contributed by atoms with Gasteiger partial charge < -0.3 is 19.3 Å². The van der Waals surface area contributed by atoms with Crippen molar-refractivity contribution >= 4 is 5.91 Å². The quantitative estimate of drug-likeness (QED) is 0.240. The van der Waals surface area contributed by atoms with Gasteiger partial charge in [-0.25, -0.2) is 0 Å². The van der Waals surface area contributed by atoms with E-state index in [0.717, 1.165) is 76.1 Å². The van der Waals surface area contributed by atoms with Gasteiger partial charge in [0, 0.05) is 25.3 Å². The topological polar surface area (TPSA) is 42.0 Å². The Morgan fingerprint density at radius 1 is 0.975 bits per heavy atom. The minimum atomic E-state index is 0.293. The number of aryl methyl sites for hydroxylation is 2. The first-order chi connectivity index (χ1) is 19.3. The predicted octanol–water partition coefficient (Wildman–Crippen LogP) is 7.92. The van der Waals surface area contributed by atoms with Crippen LogP contribution in [0, 0.1) is 18.8 Å². The van der Waals surface area contributed by atoms with Crippen molar-refractivity contribution in [1.29, 1.82) is 0 Å². The van der Waals surface area contributed by atoms with E-state index in [1.807, 2.05) is 43.3 Å². The molecule has 2 aromatic carbocycles. The summed E-state index contributed by atoms with van der Waals surface area (Å²) < 4.78 is 10.5. The van der Waals surface area contributed by atoms with Gasteiger partial charge in [-0.1, -0.05) is 83.0 Å². The lowest BCUT2D eigenvalue weighted by molar-refractivity contribution is -0.132. The molecule has 1 fully saturated rings. The molecule has 1 heterocycles. The van der Waals surface area contributed by atoms with Crippen LogP contribution in [0.4, 0.5) is 0 Å². The highest BCUT2D eigenvalue weighted by Gasteiger charge is 2.30. The number of likely N-dealkylation sites (tertiary alicyclic amines) is 1. The van der Waals surface area contributed by atoms with Crippen LogP contribution in [0.5, 0.6) is 11.5 Å². The van der Waals surface area contributed by atoms with Crippen LogP contribution in [-0.2, 0) is 11.2 Å². The molecule has 5 heteroatoms. The molecule has 0 spiro atoms. The van der Waals surface area contributed by atoms with Gasteiger partial charge >= 0.3 is 0 Å². The number of carbonyl (C=O) groups is 1. The lowest BCUT2D eigenvalue weighted by Gasteiger charge is -2.27. The van der Waals surface area contributed by atoms with Crippen molar-refractivity contribution in [2.75, 3.05) is 40.4 Å².